The number of hydrogen-bond acceptors (Lipinski definition) is 4. The van der Waals surface area contributed by atoms with Gasteiger partial charge in [0.25, 0.3) is 7.52 Å². The van der Waals surface area contributed by atoms with Gasteiger partial charge in [0, 0.05) is 13.1 Å². The summed E-state index contributed by atoms with van der Waals surface area (Å²) in [7, 11) is -2.92. The van der Waals surface area contributed by atoms with Crippen molar-refractivity contribution >= 4 is 7.52 Å². The molecule has 0 amide bonds. The molecule has 5 nitrogen and oxygen atoms in total. The summed E-state index contributed by atoms with van der Waals surface area (Å²) in [5.74, 6) is 0. The first-order chi connectivity index (χ1) is 13.4. The van der Waals surface area contributed by atoms with E-state index in [1.54, 1.807) is 0 Å². The Balaban J connectivity index is 2.34. The van der Waals surface area contributed by atoms with Gasteiger partial charge in [0.1, 0.15) is 6.35 Å². The fraction of sp³-hybridized carbons (Fsp3) is 0.727. The second kappa shape index (κ2) is 14.3. The molecule has 1 rings (SSSR count). The van der Waals surface area contributed by atoms with E-state index >= 15 is 0 Å². The lowest BCUT2D eigenvalue weighted by Crippen LogP contribution is -2.35. The minimum Gasteiger partial charge on any atom is -0.379 e. The maximum Gasteiger partial charge on any atom is 0.297 e. The molecule has 1 aliphatic rings. The highest BCUT2D eigenvalue weighted by atomic mass is 31.2. The second-order valence-electron chi connectivity index (χ2n) is 7.58. The second-order valence-corrected chi connectivity index (χ2v) is 9.94. The fourth-order valence-corrected chi connectivity index (χ4v) is 4.88. The van der Waals surface area contributed by atoms with Crippen LogP contribution in [0.25, 0.3) is 0 Å². The summed E-state index contributed by atoms with van der Waals surface area (Å²) in [5.41, 5.74) is 4.13. The molecule has 162 valence electrons. The number of rotatable bonds is 13. The van der Waals surface area contributed by atoms with Crippen LogP contribution in [0.5, 0.6) is 0 Å². The molecule has 6 heteroatoms. The molecule has 0 N–H and O–H groups in total. The standard InChI is InChI=1S/C22H40NO4P/c1-6-27-28(24,23-14-17-25-18-15-23)19-26-16-13-22(5)12-8-11-21(4)10-7-9-20(2)3/h9,11,13H,6-8,10,12,14-19H2,1-5H3/b21-11+,22-13+. The van der Waals surface area contributed by atoms with Crippen molar-refractivity contribution < 1.29 is 18.6 Å². The Labute approximate surface area is 172 Å². The van der Waals surface area contributed by atoms with E-state index in [2.05, 4.69) is 45.9 Å². The van der Waals surface area contributed by atoms with Gasteiger partial charge in [0.05, 0.1) is 26.4 Å². The van der Waals surface area contributed by atoms with Gasteiger partial charge in [0.2, 0.25) is 0 Å². The van der Waals surface area contributed by atoms with Crippen molar-refractivity contribution in [2.75, 3.05) is 45.9 Å². The Morgan fingerprint density at radius 1 is 1.00 bits per heavy atom. The highest BCUT2D eigenvalue weighted by Crippen LogP contribution is 2.50. The van der Waals surface area contributed by atoms with E-state index in [0.29, 0.717) is 39.5 Å². The predicted molar refractivity (Wildman–Crippen MR) is 118 cm³/mol. The minimum absolute atomic E-state index is 0.133. The zero-order valence-electron chi connectivity index (χ0n) is 18.5. The number of ether oxygens (including phenoxy) is 2. The molecule has 1 fully saturated rings. The molecule has 0 aromatic carbocycles. The quantitative estimate of drug-likeness (QED) is 0.212. The third-order valence-corrected chi connectivity index (χ3v) is 7.11. The first-order valence-corrected chi connectivity index (χ1v) is 12.2. The molecule has 0 bridgehead atoms. The topological polar surface area (TPSA) is 48.0 Å². The number of nitrogens with zero attached hydrogens (tertiary/aromatic N) is 1. The summed E-state index contributed by atoms with van der Waals surface area (Å²) in [6.45, 7) is 13.8. The zero-order valence-corrected chi connectivity index (χ0v) is 19.4. The summed E-state index contributed by atoms with van der Waals surface area (Å²) >= 11 is 0. The lowest BCUT2D eigenvalue weighted by molar-refractivity contribution is 0.0605. The molecule has 0 saturated carbocycles. The van der Waals surface area contributed by atoms with Crippen LogP contribution in [-0.2, 0) is 18.6 Å². The van der Waals surface area contributed by atoms with Gasteiger partial charge >= 0.3 is 0 Å². The van der Waals surface area contributed by atoms with Crippen LogP contribution >= 0.6 is 7.52 Å². The Morgan fingerprint density at radius 2 is 1.61 bits per heavy atom. The molecule has 0 spiro atoms. The van der Waals surface area contributed by atoms with E-state index < -0.39 is 7.52 Å². The van der Waals surface area contributed by atoms with Crippen molar-refractivity contribution in [3.63, 3.8) is 0 Å². The van der Waals surface area contributed by atoms with Crippen molar-refractivity contribution in [2.45, 2.75) is 60.3 Å². The molecule has 0 aromatic rings. The Kier molecular flexibility index (Phi) is 12.9. The van der Waals surface area contributed by atoms with Crippen LogP contribution in [0.1, 0.15) is 60.3 Å². The summed E-state index contributed by atoms with van der Waals surface area (Å²) in [5, 5.41) is 0. The predicted octanol–water partition coefficient (Wildman–Crippen LogP) is 5.94. The lowest BCUT2D eigenvalue weighted by atomic mass is 10.1. The van der Waals surface area contributed by atoms with Gasteiger partial charge in [-0.05, 0) is 60.3 Å². The van der Waals surface area contributed by atoms with E-state index in [9.17, 15) is 4.57 Å². The number of hydrogen-bond donors (Lipinski definition) is 0. The fourth-order valence-electron chi connectivity index (χ4n) is 2.97. The molecule has 1 unspecified atom stereocenters. The van der Waals surface area contributed by atoms with Crippen LogP contribution in [0.3, 0.4) is 0 Å². The van der Waals surface area contributed by atoms with Crippen molar-refractivity contribution in [2.24, 2.45) is 0 Å². The first-order valence-electron chi connectivity index (χ1n) is 10.5. The van der Waals surface area contributed by atoms with E-state index in [1.807, 2.05) is 11.6 Å². The van der Waals surface area contributed by atoms with Gasteiger partial charge in [-0.1, -0.05) is 34.9 Å². The van der Waals surface area contributed by atoms with Crippen LogP contribution in [0.2, 0.25) is 0 Å². The monoisotopic (exact) mass is 413 g/mol. The van der Waals surface area contributed by atoms with Crippen molar-refractivity contribution in [1.82, 2.24) is 4.67 Å². The van der Waals surface area contributed by atoms with Gasteiger partial charge in [-0.3, -0.25) is 4.57 Å². The maximum atomic E-state index is 13.1. The SMILES string of the molecule is CCOP(=O)(COC/C=C(\C)CC/C=C(\C)CCC=C(C)C)N1CCOCC1. The summed E-state index contributed by atoms with van der Waals surface area (Å²) in [4.78, 5) is 0. The van der Waals surface area contributed by atoms with E-state index in [1.165, 1.54) is 16.7 Å². The van der Waals surface area contributed by atoms with Gasteiger partial charge < -0.3 is 14.0 Å². The third kappa shape index (κ3) is 10.7. The average Bonchev–Trinajstić information content (AvgIpc) is 2.66. The third-order valence-electron chi connectivity index (χ3n) is 4.68. The van der Waals surface area contributed by atoms with Gasteiger partial charge in [-0.15, -0.1) is 0 Å². The molecule has 1 heterocycles. The number of allylic oxidation sites excluding steroid dienone is 5. The lowest BCUT2D eigenvalue weighted by Gasteiger charge is -2.33. The van der Waals surface area contributed by atoms with Crippen molar-refractivity contribution in [1.29, 1.82) is 0 Å². The average molecular weight is 414 g/mol. The molecule has 0 aromatic heterocycles. The summed E-state index contributed by atoms with van der Waals surface area (Å²) in [6, 6.07) is 0. The smallest absolute Gasteiger partial charge is 0.297 e. The van der Waals surface area contributed by atoms with Gasteiger partial charge in [-0.25, -0.2) is 4.67 Å². The normalized spacial score (nSPS) is 18.8. The van der Waals surface area contributed by atoms with E-state index in [0.717, 1.165) is 25.7 Å². The Morgan fingerprint density at radius 3 is 2.21 bits per heavy atom. The zero-order chi connectivity index (χ0) is 20.8. The Bertz CT molecular complexity index is 573. The largest absolute Gasteiger partial charge is 0.379 e. The van der Waals surface area contributed by atoms with Crippen LogP contribution in [-0.4, -0.2) is 50.5 Å². The Hall–Kier alpha value is -0.710. The highest BCUT2D eigenvalue weighted by molar-refractivity contribution is 7.56. The van der Waals surface area contributed by atoms with Crippen LogP contribution in [0, 0.1) is 0 Å². The van der Waals surface area contributed by atoms with Crippen molar-refractivity contribution in [3.05, 3.63) is 34.9 Å². The summed E-state index contributed by atoms with van der Waals surface area (Å²) in [6.07, 6.45) is 11.2. The molecule has 1 saturated heterocycles. The van der Waals surface area contributed by atoms with Crippen LogP contribution in [0.4, 0.5) is 0 Å². The molecule has 1 aliphatic heterocycles. The van der Waals surface area contributed by atoms with Crippen molar-refractivity contribution in [3.8, 4) is 0 Å². The van der Waals surface area contributed by atoms with Gasteiger partial charge in [0.15, 0.2) is 0 Å². The maximum absolute atomic E-state index is 13.1. The van der Waals surface area contributed by atoms with Crippen LogP contribution < -0.4 is 0 Å². The van der Waals surface area contributed by atoms with E-state index in [4.69, 9.17) is 14.0 Å². The molecular formula is C22H40NO4P. The first kappa shape index (κ1) is 25.3. The molecule has 0 radical (unpaired) electrons. The molecule has 0 aliphatic carbocycles. The minimum atomic E-state index is -2.92. The highest BCUT2D eigenvalue weighted by Gasteiger charge is 2.33. The van der Waals surface area contributed by atoms with Gasteiger partial charge in [-0.2, -0.15) is 0 Å². The number of morpholine rings is 1. The van der Waals surface area contributed by atoms with E-state index in [-0.39, 0.29) is 6.35 Å². The summed E-state index contributed by atoms with van der Waals surface area (Å²) < 4.78 is 31.6. The molecular weight excluding hydrogens is 373 g/mol. The van der Waals surface area contributed by atoms with Crippen LogP contribution in [0.15, 0.2) is 34.9 Å². The molecule has 28 heavy (non-hydrogen) atoms. The molecule has 1 atom stereocenters.